The molecule has 1 aromatic carbocycles. The standard InChI is InChI=1S/C12H12FN5O2S/c13-8-4-2-1-3-7(8)9(16-11(14)20)5-10(19)17-12-18-15-6-21-12/h1-4,6,9H,5H2,(H3,14,16,20)(H,17,18,19)/t9-/m1/s1. The second-order valence-electron chi connectivity index (χ2n) is 4.08. The Hall–Kier alpha value is -2.55. The van der Waals surface area contributed by atoms with Crippen LogP contribution in [-0.4, -0.2) is 22.1 Å². The summed E-state index contributed by atoms with van der Waals surface area (Å²) in [7, 11) is 0. The Balaban J connectivity index is 2.11. The lowest BCUT2D eigenvalue weighted by Gasteiger charge is -2.17. The first kappa shape index (κ1) is 14.9. The van der Waals surface area contributed by atoms with Gasteiger partial charge in [-0.1, -0.05) is 29.5 Å². The van der Waals surface area contributed by atoms with Crippen molar-refractivity contribution >= 4 is 28.4 Å². The van der Waals surface area contributed by atoms with E-state index in [-0.39, 0.29) is 12.0 Å². The van der Waals surface area contributed by atoms with Gasteiger partial charge in [0.2, 0.25) is 11.0 Å². The number of benzene rings is 1. The van der Waals surface area contributed by atoms with Crippen LogP contribution in [0.3, 0.4) is 0 Å². The zero-order valence-corrected chi connectivity index (χ0v) is 11.6. The molecule has 0 unspecified atom stereocenters. The summed E-state index contributed by atoms with van der Waals surface area (Å²) >= 11 is 1.15. The quantitative estimate of drug-likeness (QED) is 0.775. The predicted octanol–water partition coefficient (Wildman–Crippen LogP) is 1.42. The van der Waals surface area contributed by atoms with Crippen LogP contribution in [0.25, 0.3) is 0 Å². The van der Waals surface area contributed by atoms with Gasteiger partial charge in [-0.25, -0.2) is 9.18 Å². The lowest BCUT2D eigenvalue weighted by molar-refractivity contribution is -0.116. The van der Waals surface area contributed by atoms with Crippen molar-refractivity contribution in [1.29, 1.82) is 0 Å². The van der Waals surface area contributed by atoms with Crippen LogP contribution in [0, 0.1) is 5.82 Å². The van der Waals surface area contributed by atoms with Crippen molar-refractivity contribution in [2.75, 3.05) is 5.32 Å². The summed E-state index contributed by atoms with van der Waals surface area (Å²) < 4.78 is 13.8. The van der Waals surface area contributed by atoms with E-state index in [1.165, 1.54) is 23.7 Å². The van der Waals surface area contributed by atoms with Gasteiger partial charge in [0.25, 0.3) is 0 Å². The van der Waals surface area contributed by atoms with Crippen molar-refractivity contribution in [3.05, 3.63) is 41.2 Å². The zero-order valence-electron chi connectivity index (χ0n) is 10.7. The number of halogens is 1. The molecule has 0 spiro atoms. The van der Waals surface area contributed by atoms with Crippen molar-refractivity contribution in [3.63, 3.8) is 0 Å². The molecule has 1 heterocycles. The Labute approximate surface area is 123 Å². The number of aromatic nitrogens is 2. The molecule has 3 amide bonds. The lowest BCUT2D eigenvalue weighted by atomic mass is 10.0. The van der Waals surface area contributed by atoms with Gasteiger partial charge in [0.05, 0.1) is 12.5 Å². The van der Waals surface area contributed by atoms with Gasteiger partial charge in [0.15, 0.2) is 0 Å². The molecular formula is C12H12FN5O2S. The third-order valence-electron chi connectivity index (χ3n) is 2.59. The predicted molar refractivity (Wildman–Crippen MR) is 75.0 cm³/mol. The van der Waals surface area contributed by atoms with E-state index in [0.29, 0.717) is 5.13 Å². The van der Waals surface area contributed by atoms with Crippen molar-refractivity contribution in [3.8, 4) is 0 Å². The Morgan fingerprint density at radius 1 is 1.38 bits per heavy atom. The summed E-state index contributed by atoms with van der Waals surface area (Å²) in [4.78, 5) is 22.9. The number of rotatable bonds is 5. The van der Waals surface area contributed by atoms with E-state index >= 15 is 0 Å². The number of urea groups is 1. The molecule has 0 aliphatic carbocycles. The molecular weight excluding hydrogens is 297 g/mol. The zero-order chi connectivity index (χ0) is 15.2. The van der Waals surface area contributed by atoms with E-state index in [9.17, 15) is 14.0 Å². The highest BCUT2D eigenvalue weighted by atomic mass is 32.1. The number of nitrogens with two attached hydrogens (primary N) is 1. The molecule has 0 aliphatic heterocycles. The summed E-state index contributed by atoms with van der Waals surface area (Å²) in [5.41, 5.74) is 6.72. The number of hydrogen-bond donors (Lipinski definition) is 3. The van der Waals surface area contributed by atoms with Crippen LogP contribution in [-0.2, 0) is 4.79 Å². The molecule has 0 saturated carbocycles. The van der Waals surface area contributed by atoms with Gasteiger partial charge < -0.3 is 16.4 Å². The number of carbonyl (C=O) groups excluding carboxylic acids is 2. The number of nitrogens with zero attached hydrogens (tertiary/aromatic N) is 2. The van der Waals surface area contributed by atoms with Crippen LogP contribution in [0.1, 0.15) is 18.0 Å². The Kier molecular flexibility index (Phi) is 4.77. The molecule has 0 radical (unpaired) electrons. The normalized spacial score (nSPS) is 11.7. The summed E-state index contributed by atoms with van der Waals surface area (Å²) in [6, 6.07) is 4.14. The third-order valence-corrected chi connectivity index (χ3v) is 3.20. The minimum Gasteiger partial charge on any atom is -0.352 e. The number of anilines is 1. The first-order valence-corrected chi connectivity index (χ1v) is 6.80. The monoisotopic (exact) mass is 309 g/mol. The Morgan fingerprint density at radius 2 is 2.14 bits per heavy atom. The molecule has 110 valence electrons. The van der Waals surface area contributed by atoms with Crippen molar-refractivity contribution in [2.24, 2.45) is 5.73 Å². The number of hydrogen-bond acceptors (Lipinski definition) is 5. The fourth-order valence-corrected chi connectivity index (χ4v) is 2.21. The van der Waals surface area contributed by atoms with E-state index in [4.69, 9.17) is 5.73 Å². The first-order valence-electron chi connectivity index (χ1n) is 5.92. The highest BCUT2D eigenvalue weighted by Gasteiger charge is 2.20. The molecule has 9 heteroatoms. The summed E-state index contributed by atoms with van der Waals surface area (Å²) in [5.74, 6) is -0.964. The summed E-state index contributed by atoms with van der Waals surface area (Å²) in [6.45, 7) is 0. The van der Waals surface area contributed by atoms with Gasteiger partial charge in [-0.3, -0.25) is 4.79 Å². The molecule has 1 aromatic heterocycles. The van der Waals surface area contributed by atoms with Crippen LogP contribution in [0.2, 0.25) is 0 Å². The topological polar surface area (TPSA) is 110 Å². The van der Waals surface area contributed by atoms with Gasteiger partial charge in [-0.2, -0.15) is 0 Å². The Morgan fingerprint density at radius 3 is 2.76 bits per heavy atom. The molecule has 0 saturated heterocycles. The van der Waals surface area contributed by atoms with E-state index < -0.39 is 23.8 Å². The number of amides is 3. The highest BCUT2D eigenvalue weighted by Crippen LogP contribution is 2.21. The smallest absolute Gasteiger partial charge is 0.312 e. The van der Waals surface area contributed by atoms with Gasteiger partial charge >= 0.3 is 6.03 Å². The Bertz CT molecular complexity index is 634. The third kappa shape index (κ3) is 4.21. The molecule has 7 nitrogen and oxygen atoms in total. The van der Waals surface area contributed by atoms with Crippen LogP contribution < -0.4 is 16.4 Å². The molecule has 2 rings (SSSR count). The van der Waals surface area contributed by atoms with E-state index in [1.807, 2.05) is 0 Å². The van der Waals surface area contributed by atoms with E-state index in [2.05, 4.69) is 20.8 Å². The fraction of sp³-hybridized carbons (Fsp3) is 0.167. The van der Waals surface area contributed by atoms with Crippen LogP contribution in [0.4, 0.5) is 14.3 Å². The molecule has 0 aliphatic rings. The number of nitrogens with one attached hydrogen (secondary N) is 2. The van der Waals surface area contributed by atoms with Crippen molar-refractivity contribution in [1.82, 2.24) is 15.5 Å². The lowest BCUT2D eigenvalue weighted by Crippen LogP contribution is -2.35. The summed E-state index contributed by atoms with van der Waals surface area (Å²) in [5, 5.41) is 12.4. The molecule has 21 heavy (non-hydrogen) atoms. The van der Waals surface area contributed by atoms with Crippen molar-refractivity contribution in [2.45, 2.75) is 12.5 Å². The maximum Gasteiger partial charge on any atom is 0.312 e. The maximum atomic E-state index is 13.8. The molecule has 4 N–H and O–H groups in total. The number of primary amides is 1. The average Bonchev–Trinajstić information content (AvgIpc) is 2.90. The first-order chi connectivity index (χ1) is 10.1. The largest absolute Gasteiger partial charge is 0.352 e. The minimum atomic E-state index is -0.864. The molecule has 0 fully saturated rings. The van der Waals surface area contributed by atoms with E-state index in [1.54, 1.807) is 6.07 Å². The molecule has 0 bridgehead atoms. The van der Waals surface area contributed by atoms with E-state index in [0.717, 1.165) is 11.3 Å². The van der Waals surface area contributed by atoms with Gasteiger partial charge in [-0.05, 0) is 6.07 Å². The van der Waals surface area contributed by atoms with Gasteiger partial charge in [0.1, 0.15) is 11.3 Å². The van der Waals surface area contributed by atoms with Gasteiger partial charge in [0, 0.05) is 5.56 Å². The maximum absolute atomic E-state index is 13.8. The van der Waals surface area contributed by atoms with Gasteiger partial charge in [-0.15, -0.1) is 10.2 Å². The fourth-order valence-electron chi connectivity index (χ4n) is 1.75. The van der Waals surface area contributed by atoms with Crippen LogP contribution in [0.5, 0.6) is 0 Å². The second-order valence-corrected chi connectivity index (χ2v) is 4.91. The van der Waals surface area contributed by atoms with Crippen LogP contribution >= 0.6 is 11.3 Å². The summed E-state index contributed by atoms with van der Waals surface area (Å²) in [6.07, 6.45) is -0.177. The molecule has 1 atom stereocenters. The number of carbonyl (C=O) groups is 2. The SMILES string of the molecule is NC(=O)N[C@H](CC(=O)Nc1nncs1)c1ccccc1F. The van der Waals surface area contributed by atoms with Crippen LogP contribution in [0.15, 0.2) is 29.8 Å². The van der Waals surface area contributed by atoms with Crippen molar-refractivity contribution < 1.29 is 14.0 Å². The minimum absolute atomic E-state index is 0.177. The molecule has 2 aromatic rings. The average molecular weight is 309 g/mol. The second kappa shape index (κ2) is 6.75. The highest BCUT2D eigenvalue weighted by molar-refractivity contribution is 7.13.